The zero-order chi connectivity index (χ0) is 13.7. The van der Waals surface area contributed by atoms with Crippen LogP contribution in [-0.2, 0) is 6.42 Å². The van der Waals surface area contributed by atoms with Crippen molar-refractivity contribution in [1.82, 2.24) is 15.3 Å². The smallest absolute Gasteiger partial charge is 0.132 e. The van der Waals surface area contributed by atoms with Crippen LogP contribution in [0.25, 0.3) is 0 Å². The summed E-state index contributed by atoms with van der Waals surface area (Å²) in [7, 11) is 2.03. The lowest BCUT2D eigenvalue weighted by Gasteiger charge is -2.33. The molecule has 0 radical (unpaired) electrons. The molecule has 0 atom stereocenters. The summed E-state index contributed by atoms with van der Waals surface area (Å²) < 4.78 is 0. The molecular formula is C15H26N4. The molecule has 1 aliphatic rings. The van der Waals surface area contributed by atoms with Crippen LogP contribution in [0.5, 0.6) is 0 Å². The number of hydrogen-bond donors (Lipinski definition) is 1. The zero-order valence-electron chi connectivity index (χ0n) is 12.4. The SMILES string of the molecule is CCc1nc(C)cc(N2CCC(CCNC)CC2)n1. The molecule has 0 aliphatic carbocycles. The van der Waals surface area contributed by atoms with E-state index in [1.165, 1.54) is 19.3 Å². The van der Waals surface area contributed by atoms with Gasteiger partial charge in [0, 0.05) is 31.3 Å². The summed E-state index contributed by atoms with van der Waals surface area (Å²) in [5, 5.41) is 3.25. The molecule has 0 spiro atoms. The van der Waals surface area contributed by atoms with Gasteiger partial charge in [0.05, 0.1) is 0 Å². The molecule has 0 unspecified atom stereocenters. The van der Waals surface area contributed by atoms with Crippen LogP contribution < -0.4 is 10.2 Å². The van der Waals surface area contributed by atoms with E-state index in [9.17, 15) is 0 Å². The molecule has 1 aromatic heterocycles. The Morgan fingerprint density at radius 1 is 1.32 bits per heavy atom. The highest BCUT2D eigenvalue weighted by molar-refractivity contribution is 5.40. The van der Waals surface area contributed by atoms with E-state index >= 15 is 0 Å². The van der Waals surface area contributed by atoms with E-state index < -0.39 is 0 Å². The molecule has 4 heteroatoms. The van der Waals surface area contributed by atoms with Gasteiger partial charge in [0.25, 0.3) is 0 Å². The fraction of sp³-hybridized carbons (Fsp3) is 0.733. The number of nitrogens with one attached hydrogen (secondary N) is 1. The topological polar surface area (TPSA) is 41.1 Å². The first-order valence-electron chi connectivity index (χ1n) is 7.47. The molecule has 1 fully saturated rings. The molecule has 4 nitrogen and oxygen atoms in total. The Hall–Kier alpha value is -1.16. The van der Waals surface area contributed by atoms with E-state index in [-0.39, 0.29) is 0 Å². The van der Waals surface area contributed by atoms with Crippen LogP contribution in [0, 0.1) is 12.8 Å². The minimum atomic E-state index is 0.872. The van der Waals surface area contributed by atoms with Crippen LogP contribution >= 0.6 is 0 Å². The van der Waals surface area contributed by atoms with E-state index in [0.717, 1.165) is 49.3 Å². The van der Waals surface area contributed by atoms with Gasteiger partial charge in [-0.1, -0.05) is 6.92 Å². The average molecular weight is 262 g/mol. The Bertz CT molecular complexity index is 397. The summed E-state index contributed by atoms with van der Waals surface area (Å²) in [4.78, 5) is 11.5. The average Bonchev–Trinajstić information content (AvgIpc) is 2.45. The van der Waals surface area contributed by atoms with E-state index in [2.05, 4.69) is 40.1 Å². The maximum Gasteiger partial charge on any atom is 0.132 e. The molecule has 1 aromatic rings. The molecule has 0 amide bonds. The van der Waals surface area contributed by atoms with Crippen molar-refractivity contribution in [2.75, 3.05) is 31.6 Å². The number of hydrogen-bond acceptors (Lipinski definition) is 4. The van der Waals surface area contributed by atoms with Crippen LogP contribution in [0.3, 0.4) is 0 Å². The van der Waals surface area contributed by atoms with Crippen molar-refractivity contribution in [2.24, 2.45) is 5.92 Å². The Kier molecular flexibility index (Phi) is 5.14. The predicted octanol–water partition coefficient (Wildman–Crippen LogP) is 2.17. The summed E-state index contributed by atoms with van der Waals surface area (Å²) >= 11 is 0. The lowest BCUT2D eigenvalue weighted by molar-refractivity contribution is 0.377. The van der Waals surface area contributed by atoms with Crippen molar-refractivity contribution < 1.29 is 0 Å². The molecule has 0 aromatic carbocycles. The monoisotopic (exact) mass is 262 g/mol. The van der Waals surface area contributed by atoms with Gasteiger partial charge < -0.3 is 10.2 Å². The molecule has 2 heterocycles. The van der Waals surface area contributed by atoms with Gasteiger partial charge in [0.15, 0.2) is 0 Å². The van der Waals surface area contributed by atoms with Crippen molar-refractivity contribution in [3.8, 4) is 0 Å². The summed E-state index contributed by atoms with van der Waals surface area (Å²) in [5.74, 6) is 2.96. The zero-order valence-corrected chi connectivity index (χ0v) is 12.4. The quantitative estimate of drug-likeness (QED) is 0.883. The van der Waals surface area contributed by atoms with Crippen molar-refractivity contribution in [1.29, 1.82) is 0 Å². The number of nitrogens with zero attached hydrogens (tertiary/aromatic N) is 3. The fourth-order valence-electron chi connectivity index (χ4n) is 2.73. The minimum Gasteiger partial charge on any atom is -0.356 e. The molecule has 1 aliphatic heterocycles. The Morgan fingerprint density at radius 3 is 2.68 bits per heavy atom. The standard InChI is InChI=1S/C15H26N4/c1-4-14-17-12(2)11-15(18-14)19-9-6-13(7-10-19)5-8-16-3/h11,13,16H,4-10H2,1-3H3. The van der Waals surface area contributed by atoms with Crippen molar-refractivity contribution in [3.05, 3.63) is 17.6 Å². The second kappa shape index (κ2) is 6.85. The molecule has 0 bridgehead atoms. The third kappa shape index (κ3) is 3.90. The van der Waals surface area contributed by atoms with Crippen molar-refractivity contribution in [3.63, 3.8) is 0 Å². The van der Waals surface area contributed by atoms with Gasteiger partial charge in [-0.3, -0.25) is 0 Å². The Labute approximate surface area is 116 Å². The first kappa shape index (κ1) is 14.3. The first-order valence-corrected chi connectivity index (χ1v) is 7.47. The van der Waals surface area contributed by atoms with Gasteiger partial charge in [-0.2, -0.15) is 0 Å². The highest BCUT2D eigenvalue weighted by atomic mass is 15.2. The number of aromatic nitrogens is 2. The lowest BCUT2D eigenvalue weighted by Crippen LogP contribution is -2.35. The number of rotatable bonds is 5. The number of anilines is 1. The normalized spacial score (nSPS) is 16.9. The number of aryl methyl sites for hydroxylation is 2. The van der Waals surface area contributed by atoms with Crippen LogP contribution in [0.2, 0.25) is 0 Å². The van der Waals surface area contributed by atoms with E-state index in [1.54, 1.807) is 0 Å². The van der Waals surface area contributed by atoms with Crippen molar-refractivity contribution in [2.45, 2.75) is 39.5 Å². The third-order valence-corrected chi connectivity index (χ3v) is 3.94. The summed E-state index contributed by atoms with van der Waals surface area (Å²) in [6, 6.07) is 2.12. The number of piperidine rings is 1. The predicted molar refractivity (Wildman–Crippen MR) is 79.6 cm³/mol. The van der Waals surface area contributed by atoms with Gasteiger partial charge >= 0.3 is 0 Å². The van der Waals surface area contributed by atoms with Gasteiger partial charge in [-0.15, -0.1) is 0 Å². The summed E-state index contributed by atoms with van der Waals surface area (Å²) in [6.07, 6.45) is 4.78. The van der Waals surface area contributed by atoms with Gasteiger partial charge in [-0.25, -0.2) is 9.97 Å². The molecule has 19 heavy (non-hydrogen) atoms. The molecule has 106 valence electrons. The summed E-state index contributed by atoms with van der Waals surface area (Å²) in [5.41, 5.74) is 1.08. The lowest BCUT2D eigenvalue weighted by atomic mass is 9.93. The van der Waals surface area contributed by atoms with E-state index in [1.807, 2.05) is 7.05 Å². The van der Waals surface area contributed by atoms with Crippen LogP contribution in [-0.4, -0.2) is 36.6 Å². The second-order valence-electron chi connectivity index (χ2n) is 5.46. The molecule has 2 rings (SSSR count). The highest BCUT2D eigenvalue weighted by Crippen LogP contribution is 2.24. The fourth-order valence-corrected chi connectivity index (χ4v) is 2.73. The van der Waals surface area contributed by atoms with Gasteiger partial charge in [-0.05, 0) is 45.7 Å². The highest BCUT2D eigenvalue weighted by Gasteiger charge is 2.20. The maximum atomic E-state index is 4.67. The summed E-state index contributed by atoms with van der Waals surface area (Å²) in [6.45, 7) is 7.58. The van der Waals surface area contributed by atoms with Crippen LogP contribution in [0.15, 0.2) is 6.07 Å². The van der Waals surface area contributed by atoms with Crippen LogP contribution in [0.4, 0.5) is 5.82 Å². The van der Waals surface area contributed by atoms with E-state index in [4.69, 9.17) is 0 Å². The molecular weight excluding hydrogens is 236 g/mol. The second-order valence-corrected chi connectivity index (χ2v) is 5.46. The Balaban J connectivity index is 1.95. The van der Waals surface area contributed by atoms with Crippen LogP contribution in [0.1, 0.15) is 37.7 Å². The Morgan fingerprint density at radius 2 is 2.05 bits per heavy atom. The molecule has 0 saturated carbocycles. The molecule has 1 saturated heterocycles. The van der Waals surface area contributed by atoms with Gasteiger partial charge in [0.1, 0.15) is 11.6 Å². The van der Waals surface area contributed by atoms with E-state index in [0.29, 0.717) is 0 Å². The first-order chi connectivity index (χ1) is 9.22. The third-order valence-electron chi connectivity index (χ3n) is 3.94. The maximum absolute atomic E-state index is 4.67. The molecule has 1 N–H and O–H groups in total. The largest absolute Gasteiger partial charge is 0.356 e. The minimum absolute atomic E-state index is 0.872. The van der Waals surface area contributed by atoms with Gasteiger partial charge in [0.2, 0.25) is 0 Å². The van der Waals surface area contributed by atoms with Crippen molar-refractivity contribution >= 4 is 5.82 Å².